The Hall–Kier alpha value is -1.39. The SMILES string of the molecule is CCNCc1cccc(Oc2cncc(Br)c2)c1. The topological polar surface area (TPSA) is 34.1 Å². The molecule has 18 heavy (non-hydrogen) atoms. The predicted molar refractivity (Wildman–Crippen MR) is 75.8 cm³/mol. The van der Waals surface area contributed by atoms with Gasteiger partial charge in [-0.25, -0.2) is 0 Å². The third kappa shape index (κ3) is 3.82. The Kier molecular flexibility index (Phi) is 4.73. The third-order valence-corrected chi connectivity index (χ3v) is 2.83. The zero-order valence-corrected chi connectivity index (χ0v) is 11.8. The molecule has 3 nitrogen and oxygen atoms in total. The summed E-state index contributed by atoms with van der Waals surface area (Å²) in [5.74, 6) is 1.55. The monoisotopic (exact) mass is 306 g/mol. The lowest BCUT2D eigenvalue weighted by molar-refractivity contribution is 0.479. The quantitative estimate of drug-likeness (QED) is 0.913. The largest absolute Gasteiger partial charge is 0.456 e. The van der Waals surface area contributed by atoms with Gasteiger partial charge < -0.3 is 10.1 Å². The first-order valence-corrected chi connectivity index (χ1v) is 6.65. The number of benzene rings is 1. The second-order valence-corrected chi connectivity index (χ2v) is 4.78. The number of ether oxygens (including phenoxy) is 1. The van der Waals surface area contributed by atoms with E-state index in [4.69, 9.17) is 4.74 Å². The number of rotatable bonds is 5. The Labute approximate surface area is 115 Å². The molecule has 0 saturated carbocycles. The van der Waals surface area contributed by atoms with Crippen LogP contribution in [0.4, 0.5) is 0 Å². The van der Waals surface area contributed by atoms with Crippen LogP contribution in [0.25, 0.3) is 0 Å². The van der Waals surface area contributed by atoms with E-state index in [0.717, 1.165) is 29.1 Å². The summed E-state index contributed by atoms with van der Waals surface area (Å²) < 4.78 is 6.67. The van der Waals surface area contributed by atoms with Crippen molar-refractivity contribution in [2.45, 2.75) is 13.5 Å². The summed E-state index contributed by atoms with van der Waals surface area (Å²) in [5.41, 5.74) is 1.21. The van der Waals surface area contributed by atoms with Gasteiger partial charge >= 0.3 is 0 Å². The first kappa shape index (κ1) is 13.1. The van der Waals surface area contributed by atoms with Crippen LogP contribution in [0.2, 0.25) is 0 Å². The Morgan fingerprint density at radius 1 is 1.22 bits per heavy atom. The van der Waals surface area contributed by atoms with Crippen LogP contribution in [0, 0.1) is 0 Å². The molecule has 1 N–H and O–H groups in total. The van der Waals surface area contributed by atoms with E-state index in [1.54, 1.807) is 12.4 Å². The lowest BCUT2D eigenvalue weighted by Crippen LogP contribution is -2.11. The van der Waals surface area contributed by atoms with E-state index in [1.165, 1.54) is 5.56 Å². The molecule has 0 amide bonds. The fraction of sp³-hybridized carbons (Fsp3) is 0.214. The minimum Gasteiger partial charge on any atom is -0.456 e. The molecule has 0 fully saturated rings. The number of nitrogens with one attached hydrogen (secondary N) is 1. The average molecular weight is 307 g/mol. The van der Waals surface area contributed by atoms with Gasteiger partial charge in [-0.3, -0.25) is 4.98 Å². The first-order valence-electron chi connectivity index (χ1n) is 5.86. The summed E-state index contributed by atoms with van der Waals surface area (Å²) >= 11 is 3.37. The van der Waals surface area contributed by atoms with E-state index in [9.17, 15) is 0 Å². The van der Waals surface area contributed by atoms with Crippen LogP contribution in [0.5, 0.6) is 11.5 Å². The molecule has 2 rings (SSSR count). The number of halogens is 1. The summed E-state index contributed by atoms with van der Waals surface area (Å²) in [7, 11) is 0. The minimum atomic E-state index is 0.727. The molecule has 0 atom stereocenters. The number of pyridine rings is 1. The van der Waals surface area contributed by atoms with Crippen molar-refractivity contribution in [3.63, 3.8) is 0 Å². The highest BCUT2D eigenvalue weighted by Crippen LogP contribution is 2.23. The highest BCUT2D eigenvalue weighted by Gasteiger charge is 2.00. The fourth-order valence-electron chi connectivity index (χ4n) is 1.57. The maximum absolute atomic E-state index is 5.76. The molecule has 0 spiro atoms. The highest BCUT2D eigenvalue weighted by molar-refractivity contribution is 9.10. The van der Waals surface area contributed by atoms with Crippen molar-refractivity contribution >= 4 is 15.9 Å². The molecule has 0 aliphatic carbocycles. The highest BCUT2D eigenvalue weighted by atomic mass is 79.9. The van der Waals surface area contributed by atoms with Gasteiger partial charge in [-0.1, -0.05) is 19.1 Å². The maximum Gasteiger partial charge on any atom is 0.146 e. The summed E-state index contributed by atoms with van der Waals surface area (Å²) in [6, 6.07) is 9.94. The van der Waals surface area contributed by atoms with E-state index in [0.29, 0.717) is 0 Å². The number of nitrogens with zero attached hydrogens (tertiary/aromatic N) is 1. The summed E-state index contributed by atoms with van der Waals surface area (Å²) in [4.78, 5) is 4.07. The second kappa shape index (κ2) is 6.52. The second-order valence-electron chi connectivity index (χ2n) is 3.87. The number of aromatic nitrogens is 1. The molecule has 94 valence electrons. The molecule has 2 aromatic rings. The van der Waals surface area contributed by atoms with Crippen LogP contribution < -0.4 is 10.1 Å². The molecular formula is C14H15BrN2O. The van der Waals surface area contributed by atoms with Crippen molar-refractivity contribution in [2.24, 2.45) is 0 Å². The van der Waals surface area contributed by atoms with Crippen LogP contribution in [-0.4, -0.2) is 11.5 Å². The van der Waals surface area contributed by atoms with E-state index in [-0.39, 0.29) is 0 Å². The lowest BCUT2D eigenvalue weighted by Gasteiger charge is -2.08. The Balaban J connectivity index is 2.09. The van der Waals surface area contributed by atoms with E-state index < -0.39 is 0 Å². The lowest BCUT2D eigenvalue weighted by atomic mass is 10.2. The van der Waals surface area contributed by atoms with Gasteiger partial charge in [-0.05, 0) is 46.2 Å². The maximum atomic E-state index is 5.76. The van der Waals surface area contributed by atoms with Gasteiger partial charge in [0.15, 0.2) is 0 Å². The summed E-state index contributed by atoms with van der Waals surface area (Å²) in [6.45, 7) is 3.90. The molecule has 0 saturated heterocycles. The fourth-order valence-corrected chi connectivity index (χ4v) is 1.92. The van der Waals surface area contributed by atoms with Crippen LogP contribution in [0.3, 0.4) is 0 Å². The van der Waals surface area contributed by atoms with Gasteiger partial charge in [-0.15, -0.1) is 0 Å². The predicted octanol–water partition coefficient (Wildman–Crippen LogP) is 3.75. The van der Waals surface area contributed by atoms with Gasteiger partial charge in [0.25, 0.3) is 0 Å². The molecule has 1 aromatic heterocycles. The summed E-state index contributed by atoms with van der Waals surface area (Å²) in [6.07, 6.45) is 3.43. The molecule has 1 heterocycles. The average Bonchev–Trinajstić information content (AvgIpc) is 2.37. The van der Waals surface area contributed by atoms with Gasteiger partial charge in [0.2, 0.25) is 0 Å². The van der Waals surface area contributed by atoms with Gasteiger partial charge in [0.05, 0.1) is 6.20 Å². The van der Waals surface area contributed by atoms with Crippen molar-refractivity contribution in [1.82, 2.24) is 10.3 Å². The van der Waals surface area contributed by atoms with Crippen molar-refractivity contribution < 1.29 is 4.74 Å². The van der Waals surface area contributed by atoms with Crippen LogP contribution in [-0.2, 0) is 6.54 Å². The van der Waals surface area contributed by atoms with Crippen LogP contribution in [0.15, 0.2) is 47.2 Å². The number of hydrogen-bond donors (Lipinski definition) is 1. The van der Waals surface area contributed by atoms with Gasteiger partial charge in [0.1, 0.15) is 11.5 Å². The van der Waals surface area contributed by atoms with Gasteiger partial charge in [0, 0.05) is 17.2 Å². The van der Waals surface area contributed by atoms with Crippen LogP contribution in [0.1, 0.15) is 12.5 Å². The standard InChI is InChI=1S/C14H15BrN2O/c1-2-16-8-11-4-3-5-13(6-11)18-14-7-12(15)9-17-10-14/h3-7,9-10,16H,2,8H2,1H3. The van der Waals surface area contributed by atoms with Crippen molar-refractivity contribution in [3.8, 4) is 11.5 Å². The van der Waals surface area contributed by atoms with Crippen molar-refractivity contribution in [2.75, 3.05) is 6.54 Å². The van der Waals surface area contributed by atoms with Crippen LogP contribution >= 0.6 is 15.9 Å². The summed E-state index contributed by atoms with van der Waals surface area (Å²) in [5, 5.41) is 3.29. The normalized spacial score (nSPS) is 10.3. The Morgan fingerprint density at radius 2 is 2.11 bits per heavy atom. The van der Waals surface area contributed by atoms with E-state index in [2.05, 4.69) is 39.2 Å². The molecule has 0 unspecified atom stereocenters. The zero-order valence-electron chi connectivity index (χ0n) is 10.2. The molecule has 0 bridgehead atoms. The Bertz CT molecular complexity index is 517. The van der Waals surface area contributed by atoms with E-state index in [1.807, 2.05) is 24.3 Å². The van der Waals surface area contributed by atoms with Crippen molar-refractivity contribution in [3.05, 3.63) is 52.8 Å². The molecule has 4 heteroatoms. The molecule has 0 radical (unpaired) electrons. The minimum absolute atomic E-state index is 0.727. The molecule has 0 aliphatic heterocycles. The van der Waals surface area contributed by atoms with Crippen molar-refractivity contribution in [1.29, 1.82) is 0 Å². The molecule has 0 aliphatic rings. The van der Waals surface area contributed by atoms with Gasteiger partial charge in [-0.2, -0.15) is 0 Å². The third-order valence-electron chi connectivity index (χ3n) is 2.39. The smallest absolute Gasteiger partial charge is 0.146 e. The first-order chi connectivity index (χ1) is 8.78. The molecule has 1 aromatic carbocycles. The Morgan fingerprint density at radius 3 is 2.89 bits per heavy atom. The molecular weight excluding hydrogens is 292 g/mol. The zero-order chi connectivity index (χ0) is 12.8. The number of hydrogen-bond acceptors (Lipinski definition) is 3. The van der Waals surface area contributed by atoms with E-state index >= 15 is 0 Å².